The molecular formula is C19H25N3O3. The van der Waals surface area contributed by atoms with Crippen molar-refractivity contribution in [2.75, 3.05) is 19.7 Å². The van der Waals surface area contributed by atoms with Gasteiger partial charge in [0.2, 0.25) is 0 Å². The Hall–Kier alpha value is -2.73. The third kappa shape index (κ3) is 6.00. The van der Waals surface area contributed by atoms with Crippen molar-refractivity contribution in [3.05, 3.63) is 66.6 Å². The highest BCUT2D eigenvalue weighted by atomic mass is 16.5. The van der Waals surface area contributed by atoms with Gasteiger partial charge in [0.25, 0.3) is 0 Å². The van der Waals surface area contributed by atoms with Crippen LogP contribution >= 0.6 is 0 Å². The number of benzene rings is 1. The van der Waals surface area contributed by atoms with Crippen molar-refractivity contribution in [2.45, 2.75) is 19.6 Å². The zero-order valence-electron chi connectivity index (χ0n) is 14.4. The first kappa shape index (κ1) is 18.6. The van der Waals surface area contributed by atoms with E-state index in [4.69, 9.17) is 9.15 Å². The number of aliphatic imine (C=N–C) groups is 1. The van der Waals surface area contributed by atoms with Crippen LogP contribution in [0.15, 0.2) is 64.7 Å². The number of hydrogen-bond donors (Lipinski definition) is 3. The fourth-order valence-electron chi connectivity index (χ4n) is 2.20. The molecule has 1 atom stereocenters. The predicted octanol–water partition coefficient (Wildman–Crippen LogP) is 2.63. The minimum atomic E-state index is -0.734. The van der Waals surface area contributed by atoms with E-state index in [9.17, 15) is 5.11 Å². The highest BCUT2D eigenvalue weighted by molar-refractivity contribution is 5.79. The molecule has 0 saturated heterocycles. The number of aliphatic hydroxyl groups excluding tert-OH is 1. The Morgan fingerprint density at radius 3 is 2.88 bits per heavy atom. The van der Waals surface area contributed by atoms with E-state index in [2.05, 4.69) is 22.2 Å². The molecule has 1 unspecified atom stereocenters. The second-order valence-electron chi connectivity index (χ2n) is 5.31. The number of nitrogens with one attached hydrogen (secondary N) is 2. The molecule has 0 amide bonds. The molecule has 6 heteroatoms. The molecule has 2 aromatic rings. The van der Waals surface area contributed by atoms with E-state index < -0.39 is 6.10 Å². The zero-order valence-corrected chi connectivity index (χ0v) is 14.4. The van der Waals surface area contributed by atoms with Crippen molar-refractivity contribution in [1.29, 1.82) is 0 Å². The van der Waals surface area contributed by atoms with Gasteiger partial charge in [0, 0.05) is 12.1 Å². The number of furan rings is 1. The molecule has 25 heavy (non-hydrogen) atoms. The summed E-state index contributed by atoms with van der Waals surface area (Å²) in [5, 5.41) is 16.4. The van der Waals surface area contributed by atoms with Crippen LogP contribution in [0.5, 0.6) is 5.75 Å². The van der Waals surface area contributed by atoms with E-state index in [1.165, 1.54) is 6.26 Å². The van der Waals surface area contributed by atoms with E-state index in [1.54, 1.807) is 18.2 Å². The van der Waals surface area contributed by atoms with Crippen molar-refractivity contribution >= 4 is 5.96 Å². The Labute approximate surface area is 148 Å². The molecule has 2 rings (SSSR count). The van der Waals surface area contributed by atoms with E-state index in [1.807, 2.05) is 31.2 Å². The first-order valence-corrected chi connectivity index (χ1v) is 8.29. The molecule has 0 bridgehead atoms. The van der Waals surface area contributed by atoms with Crippen LogP contribution in [0.1, 0.15) is 24.4 Å². The Morgan fingerprint density at radius 1 is 1.32 bits per heavy atom. The molecule has 0 aliphatic heterocycles. The van der Waals surface area contributed by atoms with E-state index in [0.29, 0.717) is 31.4 Å². The smallest absolute Gasteiger partial charge is 0.191 e. The van der Waals surface area contributed by atoms with E-state index >= 15 is 0 Å². The van der Waals surface area contributed by atoms with E-state index in [-0.39, 0.29) is 0 Å². The first-order valence-electron chi connectivity index (χ1n) is 8.29. The third-order valence-electron chi connectivity index (χ3n) is 3.42. The molecule has 1 heterocycles. The van der Waals surface area contributed by atoms with Crippen LogP contribution in [0.4, 0.5) is 0 Å². The fourth-order valence-corrected chi connectivity index (χ4v) is 2.20. The van der Waals surface area contributed by atoms with Gasteiger partial charge in [0.1, 0.15) is 24.2 Å². The Kier molecular flexibility index (Phi) is 7.59. The van der Waals surface area contributed by atoms with Gasteiger partial charge in [-0.1, -0.05) is 30.9 Å². The molecule has 0 aliphatic carbocycles. The molecule has 0 saturated carbocycles. The van der Waals surface area contributed by atoms with Crippen LogP contribution < -0.4 is 15.4 Å². The van der Waals surface area contributed by atoms with Crippen LogP contribution in [0.2, 0.25) is 0 Å². The lowest BCUT2D eigenvalue weighted by Gasteiger charge is -2.14. The summed E-state index contributed by atoms with van der Waals surface area (Å²) in [6.07, 6.45) is 2.52. The Balaban J connectivity index is 1.98. The van der Waals surface area contributed by atoms with Crippen molar-refractivity contribution < 1.29 is 14.3 Å². The minimum absolute atomic E-state index is 0.300. The van der Waals surface area contributed by atoms with Crippen molar-refractivity contribution in [3.63, 3.8) is 0 Å². The Morgan fingerprint density at radius 2 is 2.16 bits per heavy atom. The average molecular weight is 343 g/mol. The van der Waals surface area contributed by atoms with E-state index in [0.717, 1.165) is 17.9 Å². The number of rotatable bonds is 9. The lowest BCUT2D eigenvalue weighted by atomic mass is 10.2. The normalized spacial score (nSPS) is 12.5. The SMILES string of the molecule is C=CCOc1ccccc1CN=C(NCC)NCC(O)c1ccco1. The highest BCUT2D eigenvalue weighted by Crippen LogP contribution is 2.19. The number of para-hydroxylation sites is 1. The van der Waals surface area contributed by atoms with Gasteiger partial charge < -0.3 is 24.9 Å². The van der Waals surface area contributed by atoms with Gasteiger partial charge >= 0.3 is 0 Å². The average Bonchev–Trinajstić information content (AvgIpc) is 3.17. The second kappa shape index (κ2) is 10.2. The standard InChI is InChI=1S/C19H25N3O3/c1-3-11-24-17-9-6-5-8-15(17)13-21-19(20-4-2)22-14-16(23)18-10-7-12-25-18/h3,5-10,12,16,23H,1,4,11,13-14H2,2H3,(H2,20,21,22). The molecule has 3 N–H and O–H groups in total. The number of guanidine groups is 1. The van der Waals surface area contributed by atoms with Gasteiger partial charge in [0.05, 0.1) is 19.4 Å². The van der Waals surface area contributed by atoms with Gasteiger partial charge in [0.15, 0.2) is 5.96 Å². The van der Waals surface area contributed by atoms with Crippen molar-refractivity contribution in [2.24, 2.45) is 4.99 Å². The van der Waals surface area contributed by atoms with Crippen molar-refractivity contribution in [3.8, 4) is 5.75 Å². The second-order valence-corrected chi connectivity index (χ2v) is 5.31. The molecule has 0 radical (unpaired) electrons. The lowest BCUT2D eigenvalue weighted by molar-refractivity contribution is 0.153. The Bertz CT molecular complexity index is 668. The number of aliphatic hydroxyl groups is 1. The molecule has 6 nitrogen and oxygen atoms in total. The molecule has 0 spiro atoms. The van der Waals surface area contributed by atoms with Gasteiger partial charge in [-0.05, 0) is 25.1 Å². The minimum Gasteiger partial charge on any atom is -0.489 e. The number of ether oxygens (including phenoxy) is 1. The molecule has 1 aromatic carbocycles. The summed E-state index contributed by atoms with van der Waals surface area (Å²) in [6.45, 7) is 7.58. The maximum absolute atomic E-state index is 10.1. The topological polar surface area (TPSA) is 79.0 Å². The van der Waals surface area contributed by atoms with Gasteiger partial charge in [-0.3, -0.25) is 0 Å². The van der Waals surface area contributed by atoms with Crippen LogP contribution in [0.3, 0.4) is 0 Å². The summed E-state index contributed by atoms with van der Waals surface area (Å²) in [7, 11) is 0. The van der Waals surface area contributed by atoms with Crippen LogP contribution in [-0.4, -0.2) is 30.8 Å². The summed E-state index contributed by atoms with van der Waals surface area (Å²) in [5.41, 5.74) is 0.980. The maximum atomic E-state index is 10.1. The monoisotopic (exact) mass is 343 g/mol. The maximum Gasteiger partial charge on any atom is 0.191 e. The largest absolute Gasteiger partial charge is 0.489 e. The molecule has 0 fully saturated rings. The molecule has 1 aromatic heterocycles. The quantitative estimate of drug-likeness (QED) is 0.371. The summed E-state index contributed by atoms with van der Waals surface area (Å²) < 4.78 is 10.8. The van der Waals surface area contributed by atoms with Crippen LogP contribution in [0.25, 0.3) is 0 Å². The summed E-state index contributed by atoms with van der Waals surface area (Å²) >= 11 is 0. The number of nitrogens with zero attached hydrogens (tertiary/aromatic N) is 1. The fraction of sp³-hybridized carbons (Fsp3) is 0.316. The van der Waals surface area contributed by atoms with Gasteiger partial charge in [-0.25, -0.2) is 4.99 Å². The summed E-state index contributed by atoms with van der Waals surface area (Å²) in [5.74, 6) is 1.93. The number of hydrogen-bond acceptors (Lipinski definition) is 4. The summed E-state index contributed by atoms with van der Waals surface area (Å²) in [4.78, 5) is 4.55. The third-order valence-corrected chi connectivity index (χ3v) is 3.42. The highest BCUT2D eigenvalue weighted by Gasteiger charge is 2.11. The lowest BCUT2D eigenvalue weighted by Crippen LogP contribution is -2.39. The zero-order chi connectivity index (χ0) is 17.9. The molecular weight excluding hydrogens is 318 g/mol. The van der Waals surface area contributed by atoms with Gasteiger partial charge in [-0.15, -0.1) is 0 Å². The molecule has 0 aliphatic rings. The van der Waals surface area contributed by atoms with Crippen molar-refractivity contribution in [1.82, 2.24) is 10.6 Å². The van der Waals surface area contributed by atoms with Crippen LogP contribution in [-0.2, 0) is 6.54 Å². The molecule has 134 valence electrons. The predicted molar refractivity (Wildman–Crippen MR) is 98.6 cm³/mol. The first-order chi connectivity index (χ1) is 12.2. The van der Waals surface area contributed by atoms with Gasteiger partial charge in [-0.2, -0.15) is 0 Å². The van der Waals surface area contributed by atoms with Crippen LogP contribution in [0, 0.1) is 0 Å². The summed E-state index contributed by atoms with van der Waals surface area (Å²) in [6, 6.07) is 11.3.